The van der Waals surface area contributed by atoms with Gasteiger partial charge in [-0.3, -0.25) is 4.90 Å². The highest BCUT2D eigenvalue weighted by atomic mass is 32.2. The standard InChI is InChI=1S/C14H18N4O3S/c1-18-8-7-15-9-12(18)13-16-14(21-17-13)10-3-5-11(6-4-10)22(2,19)20/h3-6,12,15H,7-9H2,1-2H3. The van der Waals surface area contributed by atoms with Gasteiger partial charge in [-0.1, -0.05) is 5.16 Å². The third-order valence-corrected chi connectivity index (χ3v) is 4.91. The molecule has 1 atom stereocenters. The van der Waals surface area contributed by atoms with Crippen molar-refractivity contribution >= 4 is 9.84 Å². The number of nitrogens with zero attached hydrogens (tertiary/aromatic N) is 3. The number of sulfone groups is 1. The average molecular weight is 322 g/mol. The second-order valence-corrected chi connectivity index (χ2v) is 7.47. The summed E-state index contributed by atoms with van der Waals surface area (Å²) in [7, 11) is -1.17. The van der Waals surface area contributed by atoms with Crippen molar-refractivity contribution in [3.8, 4) is 11.5 Å². The Kier molecular flexibility index (Phi) is 3.98. The molecule has 1 aliphatic rings. The summed E-state index contributed by atoms with van der Waals surface area (Å²) in [5.74, 6) is 1.03. The molecule has 1 fully saturated rings. The maximum absolute atomic E-state index is 11.5. The van der Waals surface area contributed by atoms with E-state index >= 15 is 0 Å². The normalized spacial score (nSPS) is 20.2. The number of likely N-dealkylation sites (N-methyl/N-ethyl adjacent to an activating group) is 1. The van der Waals surface area contributed by atoms with Crippen LogP contribution in [-0.2, 0) is 9.84 Å². The Morgan fingerprint density at radius 3 is 2.68 bits per heavy atom. The van der Waals surface area contributed by atoms with Gasteiger partial charge in [0.1, 0.15) is 0 Å². The van der Waals surface area contributed by atoms with Gasteiger partial charge in [0.05, 0.1) is 10.9 Å². The fourth-order valence-corrected chi connectivity index (χ4v) is 3.06. The lowest BCUT2D eigenvalue weighted by molar-refractivity contribution is 0.190. The summed E-state index contributed by atoms with van der Waals surface area (Å²) in [6.45, 7) is 2.66. The highest BCUT2D eigenvalue weighted by Crippen LogP contribution is 2.23. The molecule has 2 aromatic rings. The van der Waals surface area contributed by atoms with E-state index in [-0.39, 0.29) is 10.9 Å². The number of rotatable bonds is 3. The van der Waals surface area contributed by atoms with E-state index in [2.05, 4.69) is 20.4 Å². The monoisotopic (exact) mass is 322 g/mol. The van der Waals surface area contributed by atoms with E-state index in [0.29, 0.717) is 17.3 Å². The molecular weight excluding hydrogens is 304 g/mol. The molecule has 22 heavy (non-hydrogen) atoms. The topological polar surface area (TPSA) is 88.3 Å². The summed E-state index contributed by atoms with van der Waals surface area (Å²) in [5, 5.41) is 7.36. The van der Waals surface area contributed by atoms with Crippen molar-refractivity contribution in [1.29, 1.82) is 0 Å². The Morgan fingerprint density at radius 2 is 2.05 bits per heavy atom. The second-order valence-electron chi connectivity index (χ2n) is 5.45. The van der Waals surface area contributed by atoms with Crippen molar-refractivity contribution < 1.29 is 12.9 Å². The molecule has 0 bridgehead atoms. The van der Waals surface area contributed by atoms with Crippen LogP contribution in [0.25, 0.3) is 11.5 Å². The highest BCUT2D eigenvalue weighted by molar-refractivity contribution is 7.90. The van der Waals surface area contributed by atoms with Crippen molar-refractivity contribution in [3.63, 3.8) is 0 Å². The van der Waals surface area contributed by atoms with E-state index < -0.39 is 9.84 Å². The molecule has 1 saturated heterocycles. The van der Waals surface area contributed by atoms with Gasteiger partial charge in [0, 0.05) is 31.5 Å². The van der Waals surface area contributed by atoms with Crippen LogP contribution in [0.5, 0.6) is 0 Å². The zero-order chi connectivity index (χ0) is 15.7. The number of aromatic nitrogens is 2. The smallest absolute Gasteiger partial charge is 0.257 e. The largest absolute Gasteiger partial charge is 0.334 e. The van der Waals surface area contributed by atoms with Crippen LogP contribution in [0.15, 0.2) is 33.7 Å². The summed E-state index contributed by atoms with van der Waals surface area (Å²) in [6.07, 6.45) is 1.18. The van der Waals surface area contributed by atoms with Gasteiger partial charge in [-0.2, -0.15) is 4.98 Å². The minimum absolute atomic E-state index is 0.0848. The van der Waals surface area contributed by atoms with E-state index in [1.54, 1.807) is 24.3 Å². The molecule has 1 aromatic heterocycles. The fourth-order valence-electron chi connectivity index (χ4n) is 2.43. The molecule has 0 spiro atoms. The molecule has 8 heteroatoms. The van der Waals surface area contributed by atoms with Crippen LogP contribution in [-0.4, -0.2) is 56.4 Å². The first-order chi connectivity index (χ1) is 10.4. The van der Waals surface area contributed by atoms with Crippen LogP contribution in [0.3, 0.4) is 0 Å². The SMILES string of the molecule is CN1CCNCC1c1noc(-c2ccc(S(C)(=O)=O)cc2)n1. The molecule has 2 heterocycles. The minimum Gasteiger partial charge on any atom is -0.334 e. The molecule has 1 N–H and O–H groups in total. The van der Waals surface area contributed by atoms with Crippen LogP contribution in [0, 0.1) is 0 Å². The molecular formula is C14H18N4O3S. The zero-order valence-corrected chi connectivity index (χ0v) is 13.3. The lowest BCUT2D eigenvalue weighted by Gasteiger charge is -2.30. The zero-order valence-electron chi connectivity index (χ0n) is 12.5. The molecule has 1 unspecified atom stereocenters. The van der Waals surface area contributed by atoms with E-state index in [9.17, 15) is 8.42 Å². The number of hydrogen-bond donors (Lipinski definition) is 1. The van der Waals surface area contributed by atoms with Crippen LogP contribution in [0.4, 0.5) is 0 Å². The first-order valence-corrected chi connectivity index (χ1v) is 8.89. The van der Waals surface area contributed by atoms with E-state index in [1.807, 2.05) is 7.05 Å². The summed E-state index contributed by atoms with van der Waals surface area (Å²) < 4.78 is 28.2. The molecule has 7 nitrogen and oxygen atoms in total. The van der Waals surface area contributed by atoms with Crippen LogP contribution in [0.1, 0.15) is 11.9 Å². The Balaban J connectivity index is 1.84. The Morgan fingerprint density at radius 1 is 1.32 bits per heavy atom. The number of piperazine rings is 1. The van der Waals surface area contributed by atoms with Gasteiger partial charge in [-0.15, -0.1) is 0 Å². The fraction of sp³-hybridized carbons (Fsp3) is 0.429. The maximum Gasteiger partial charge on any atom is 0.257 e. The van der Waals surface area contributed by atoms with Gasteiger partial charge >= 0.3 is 0 Å². The summed E-state index contributed by atoms with van der Waals surface area (Å²) in [4.78, 5) is 6.89. The quantitative estimate of drug-likeness (QED) is 0.890. The summed E-state index contributed by atoms with van der Waals surface area (Å²) >= 11 is 0. The first kappa shape index (κ1) is 15.1. The Labute approximate surface area is 129 Å². The number of benzene rings is 1. The predicted octanol–water partition coefficient (Wildman–Crippen LogP) is 0.716. The van der Waals surface area contributed by atoms with Gasteiger partial charge < -0.3 is 9.84 Å². The van der Waals surface area contributed by atoms with Gasteiger partial charge in [0.25, 0.3) is 5.89 Å². The van der Waals surface area contributed by atoms with Crippen molar-refractivity contribution in [2.24, 2.45) is 0 Å². The van der Waals surface area contributed by atoms with Gasteiger partial charge in [-0.25, -0.2) is 8.42 Å². The van der Waals surface area contributed by atoms with Crippen LogP contribution < -0.4 is 5.32 Å². The maximum atomic E-state index is 11.5. The first-order valence-electron chi connectivity index (χ1n) is 7.00. The lowest BCUT2D eigenvalue weighted by atomic mass is 10.2. The van der Waals surface area contributed by atoms with Crippen LogP contribution >= 0.6 is 0 Å². The molecule has 118 valence electrons. The number of hydrogen-bond acceptors (Lipinski definition) is 7. The van der Waals surface area contributed by atoms with Gasteiger partial charge in [0.15, 0.2) is 15.7 Å². The molecule has 3 rings (SSSR count). The molecule has 1 aliphatic heterocycles. The van der Waals surface area contributed by atoms with Gasteiger partial charge in [-0.05, 0) is 31.3 Å². The minimum atomic E-state index is -3.20. The molecule has 0 aliphatic carbocycles. The third-order valence-electron chi connectivity index (χ3n) is 3.78. The van der Waals surface area contributed by atoms with E-state index in [4.69, 9.17) is 4.52 Å². The Hall–Kier alpha value is -1.77. The highest BCUT2D eigenvalue weighted by Gasteiger charge is 2.25. The van der Waals surface area contributed by atoms with Crippen molar-refractivity contribution in [3.05, 3.63) is 30.1 Å². The summed E-state index contributed by atoms with van der Waals surface area (Å²) in [5.41, 5.74) is 0.706. The molecule has 0 radical (unpaired) electrons. The lowest BCUT2D eigenvalue weighted by Crippen LogP contribution is -2.44. The van der Waals surface area contributed by atoms with E-state index in [1.165, 1.54) is 6.26 Å². The van der Waals surface area contributed by atoms with Crippen molar-refractivity contribution in [2.75, 3.05) is 32.9 Å². The van der Waals surface area contributed by atoms with Crippen LogP contribution in [0.2, 0.25) is 0 Å². The second kappa shape index (κ2) is 5.79. The predicted molar refractivity (Wildman–Crippen MR) is 81.1 cm³/mol. The number of nitrogens with one attached hydrogen (secondary N) is 1. The van der Waals surface area contributed by atoms with E-state index in [0.717, 1.165) is 19.6 Å². The van der Waals surface area contributed by atoms with Crippen molar-refractivity contribution in [2.45, 2.75) is 10.9 Å². The summed E-state index contributed by atoms with van der Waals surface area (Å²) in [6, 6.07) is 6.53. The third kappa shape index (κ3) is 3.03. The van der Waals surface area contributed by atoms with Crippen molar-refractivity contribution in [1.82, 2.24) is 20.4 Å². The average Bonchev–Trinajstić information content (AvgIpc) is 2.96. The molecule has 0 saturated carbocycles. The Bertz CT molecular complexity index is 755. The van der Waals surface area contributed by atoms with Gasteiger partial charge in [0.2, 0.25) is 0 Å². The molecule has 1 aromatic carbocycles. The molecule has 0 amide bonds.